The third-order valence-electron chi connectivity index (χ3n) is 4.93. The monoisotopic (exact) mass is 348 g/mol. The van der Waals surface area contributed by atoms with Crippen LogP contribution in [-0.4, -0.2) is 16.5 Å². The minimum Gasteiger partial charge on any atom is -0.335 e. The van der Waals surface area contributed by atoms with E-state index in [-0.39, 0.29) is 0 Å². The fourth-order valence-corrected chi connectivity index (χ4v) is 4.79. The summed E-state index contributed by atoms with van der Waals surface area (Å²) in [5.74, 6) is 0. The van der Waals surface area contributed by atoms with Crippen molar-refractivity contribution in [3.8, 4) is 21.6 Å². The van der Waals surface area contributed by atoms with Crippen LogP contribution in [0.15, 0.2) is 48.1 Å². The Morgan fingerprint density at radius 1 is 0.958 bits per heavy atom. The van der Waals surface area contributed by atoms with E-state index in [9.17, 15) is 0 Å². The molecule has 2 aliphatic rings. The van der Waals surface area contributed by atoms with E-state index in [1.165, 1.54) is 38.4 Å². The molecule has 2 nitrogen and oxygen atoms in total. The Balaban J connectivity index is 1.62. The second-order valence-corrected chi connectivity index (χ2v) is 7.80. The van der Waals surface area contributed by atoms with Gasteiger partial charge in [-0.25, -0.2) is 0 Å². The molecule has 5 rings (SSSR count). The Kier molecular flexibility index (Phi) is 3.28. The molecule has 0 radical (unpaired) electrons. The lowest BCUT2D eigenvalue weighted by Gasteiger charge is -2.28. The van der Waals surface area contributed by atoms with Crippen molar-refractivity contribution in [2.24, 2.45) is 0 Å². The number of aryl methyl sites for hydroxylation is 1. The maximum absolute atomic E-state index is 5.54. The van der Waals surface area contributed by atoms with Gasteiger partial charge in [0.1, 0.15) is 0 Å². The zero-order valence-corrected chi connectivity index (χ0v) is 14.8. The molecule has 2 aliphatic heterocycles. The van der Waals surface area contributed by atoms with E-state index >= 15 is 0 Å². The van der Waals surface area contributed by atoms with Gasteiger partial charge in [-0.15, -0.1) is 11.3 Å². The standard InChI is InChI=1S/C20H16N2S2/c23-19-4-3-13-8-15(9-14-5-6-22(19)20(13)14)16-10-17(12-21-11-16)18-2-1-7-24-18/h1-2,7-12H,3-6H2. The van der Waals surface area contributed by atoms with Crippen molar-refractivity contribution in [3.05, 3.63) is 59.2 Å². The van der Waals surface area contributed by atoms with Crippen LogP contribution in [-0.2, 0) is 12.8 Å². The maximum Gasteiger partial charge on any atom is 0.0827 e. The van der Waals surface area contributed by atoms with Crippen LogP contribution in [0.3, 0.4) is 0 Å². The summed E-state index contributed by atoms with van der Waals surface area (Å²) in [7, 11) is 0. The van der Waals surface area contributed by atoms with Gasteiger partial charge in [0.05, 0.1) is 4.99 Å². The highest BCUT2D eigenvalue weighted by Gasteiger charge is 2.29. The molecule has 4 heteroatoms. The van der Waals surface area contributed by atoms with Crippen LogP contribution >= 0.6 is 23.6 Å². The van der Waals surface area contributed by atoms with Gasteiger partial charge in [-0.2, -0.15) is 0 Å². The molecule has 1 aromatic carbocycles. The molecule has 0 unspecified atom stereocenters. The van der Waals surface area contributed by atoms with Crippen molar-refractivity contribution < 1.29 is 0 Å². The smallest absolute Gasteiger partial charge is 0.0827 e. The van der Waals surface area contributed by atoms with Crippen molar-refractivity contribution in [2.75, 3.05) is 11.4 Å². The molecule has 0 bridgehead atoms. The first kappa shape index (κ1) is 14.3. The highest BCUT2D eigenvalue weighted by atomic mass is 32.1. The van der Waals surface area contributed by atoms with Crippen molar-refractivity contribution in [1.29, 1.82) is 0 Å². The van der Waals surface area contributed by atoms with Gasteiger partial charge in [-0.1, -0.05) is 18.3 Å². The summed E-state index contributed by atoms with van der Waals surface area (Å²) in [5, 5.41) is 2.11. The SMILES string of the molecule is S=C1CCc2cc(-c3cncc(-c4cccs4)c3)cc3c2N1CC3. The first-order chi connectivity index (χ1) is 11.8. The molecule has 2 aromatic heterocycles. The largest absolute Gasteiger partial charge is 0.335 e. The van der Waals surface area contributed by atoms with E-state index in [0.717, 1.165) is 30.8 Å². The van der Waals surface area contributed by atoms with Crippen molar-refractivity contribution in [2.45, 2.75) is 19.3 Å². The lowest BCUT2D eigenvalue weighted by molar-refractivity contribution is 0.943. The molecule has 0 aliphatic carbocycles. The molecular weight excluding hydrogens is 332 g/mol. The van der Waals surface area contributed by atoms with Crippen LogP contribution in [0.1, 0.15) is 17.5 Å². The summed E-state index contributed by atoms with van der Waals surface area (Å²) in [6.45, 7) is 1.04. The zero-order valence-electron chi connectivity index (χ0n) is 13.2. The predicted molar refractivity (Wildman–Crippen MR) is 105 cm³/mol. The topological polar surface area (TPSA) is 16.1 Å². The molecule has 0 saturated heterocycles. The number of hydrogen-bond donors (Lipinski definition) is 0. The van der Waals surface area contributed by atoms with Gasteiger partial charge in [0.15, 0.2) is 0 Å². The van der Waals surface area contributed by atoms with Crippen molar-refractivity contribution in [1.82, 2.24) is 4.98 Å². The molecule has 0 saturated carbocycles. The number of benzene rings is 1. The van der Waals surface area contributed by atoms with Crippen LogP contribution in [0.4, 0.5) is 5.69 Å². The van der Waals surface area contributed by atoms with E-state index in [2.05, 4.69) is 45.6 Å². The van der Waals surface area contributed by atoms with E-state index < -0.39 is 0 Å². The lowest BCUT2D eigenvalue weighted by atomic mass is 9.94. The van der Waals surface area contributed by atoms with Gasteiger partial charge in [0, 0.05) is 47.1 Å². The van der Waals surface area contributed by atoms with Gasteiger partial charge >= 0.3 is 0 Å². The number of thiophene rings is 1. The molecule has 0 fully saturated rings. The average Bonchev–Trinajstić information content (AvgIpc) is 3.29. The predicted octanol–water partition coefficient (Wildman–Crippen LogP) is 5.11. The van der Waals surface area contributed by atoms with E-state index in [0.29, 0.717) is 0 Å². The first-order valence-electron chi connectivity index (χ1n) is 8.25. The van der Waals surface area contributed by atoms with Gasteiger partial charge in [-0.05, 0) is 59.2 Å². The fraction of sp³-hybridized carbons (Fsp3) is 0.200. The van der Waals surface area contributed by atoms with E-state index in [4.69, 9.17) is 12.2 Å². The Hall–Kier alpha value is -2.04. The number of anilines is 1. The summed E-state index contributed by atoms with van der Waals surface area (Å²) in [6.07, 6.45) is 7.08. The Bertz CT molecular complexity index is 944. The molecule has 118 valence electrons. The second kappa shape index (κ2) is 5.50. The third kappa shape index (κ3) is 2.21. The molecule has 4 heterocycles. The molecule has 0 N–H and O–H groups in total. The summed E-state index contributed by atoms with van der Waals surface area (Å²) < 4.78 is 0. The summed E-state index contributed by atoms with van der Waals surface area (Å²) in [6, 6.07) is 11.2. The molecule has 0 spiro atoms. The molecule has 0 amide bonds. The highest BCUT2D eigenvalue weighted by molar-refractivity contribution is 7.80. The summed E-state index contributed by atoms with van der Waals surface area (Å²) in [5.41, 5.74) is 7.94. The molecule has 0 atom stereocenters. The summed E-state index contributed by atoms with van der Waals surface area (Å²) >= 11 is 7.30. The normalized spacial score (nSPS) is 15.7. The average molecular weight is 348 g/mol. The van der Waals surface area contributed by atoms with Crippen LogP contribution in [0, 0.1) is 0 Å². The van der Waals surface area contributed by atoms with Crippen LogP contribution < -0.4 is 4.90 Å². The summed E-state index contributed by atoms with van der Waals surface area (Å²) in [4.78, 5) is 9.20. The number of rotatable bonds is 2. The third-order valence-corrected chi connectivity index (χ3v) is 6.27. The fourth-order valence-electron chi connectivity index (χ4n) is 3.80. The number of thiocarbonyl (C=S) groups is 1. The van der Waals surface area contributed by atoms with Gasteiger partial charge in [0.2, 0.25) is 0 Å². The zero-order chi connectivity index (χ0) is 16.1. The second-order valence-electron chi connectivity index (χ2n) is 6.38. The number of nitrogens with zero attached hydrogens (tertiary/aromatic N) is 2. The van der Waals surface area contributed by atoms with Gasteiger partial charge < -0.3 is 4.90 Å². The van der Waals surface area contributed by atoms with Crippen LogP contribution in [0.25, 0.3) is 21.6 Å². The Morgan fingerprint density at radius 3 is 2.62 bits per heavy atom. The van der Waals surface area contributed by atoms with Crippen molar-refractivity contribution in [3.63, 3.8) is 0 Å². The first-order valence-corrected chi connectivity index (χ1v) is 9.54. The van der Waals surface area contributed by atoms with E-state index in [1.54, 1.807) is 11.3 Å². The molecule has 24 heavy (non-hydrogen) atoms. The maximum atomic E-state index is 5.54. The number of aromatic nitrogens is 1. The molecule has 3 aromatic rings. The Morgan fingerprint density at radius 2 is 1.79 bits per heavy atom. The van der Waals surface area contributed by atoms with Gasteiger partial charge in [0.25, 0.3) is 0 Å². The quantitative estimate of drug-likeness (QED) is 0.599. The highest BCUT2D eigenvalue weighted by Crippen LogP contribution is 2.40. The minimum absolute atomic E-state index is 0.999. The van der Waals surface area contributed by atoms with Crippen molar-refractivity contribution >= 4 is 34.2 Å². The molecular formula is C20H16N2S2. The van der Waals surface area contributed by atoms with Crippen LogP contribution in [0.2, 0.25) is 0 Å². The lowest BCUT2D eigenvalue weighted by Crippen LogP contribution is -2.31. The van der Waals surface area contributed by atoms with E-state index in [1.807, 2.05) is 12.4 Å². The minimum atomic E-state index is 0.999. The van der Waals surface area contributed by atoms with Crippen LogP contribution in [0.5, 0.6) is 0 Å². The number of hydrogen-bond acceptors (Lipinski definition) is 3. The Labute approximate surface area is 150 Å². The number of pyridine rings is 1. The van der Waals surface area contributed by atoms with Gasteiger partial charge in [-0.3, -0.25) is 4.98 Å².